The molecular weight excluding hydrogens is 615 g/mol. The maximum absolute atomic E-state index is 12.3. The molecule has 8 nitrogen and oxygen atoms in total. The zero-order valence-corrected chi connectivity index (χ0v) is 30.8. The minimum atomic E-state index is -4.76. The normalized spacial score (nSPS) is 12.9. The van der Waals surface area contributed by atoms with Gasteiger partial charge in [-0.1, -0.05) is 147 Å². The molecule has 0 spiro atoms. The average molecular weight is 685 g/mol. The Morgan fingerprint density at radius 3 is 1.47 bits per heavy atom. The molecule has 0 aliphatic heterocycles. The molecule has 0 amide bonds. The quantitative estimate of drug-likeness (QED) is 0.0297. The van der Waals surface area contributed by atoms with E-state index >= 15 is 0 Å². The first-order valence-corrected chi connectivity index (χ1v) is 20.3. The molecule has 0 aliphatic rings. The molecule has 0 heterocycles. The van der Waals surface area contributed by atoms with Gasteiger partial charge in [0.15, 0.2) is 6.10 Å². The highest BCUT2D eigenvalue weighted by Gasteiger charge is 2.22. The van der Waals surface area contributed by atoms with Crippen molar-refractivity contribution in [3.63, 3.8) is 0 Å². The molecule has 0 unspecified atom stereocenters. The predicted molar refractivity (Wildman–Crippen MR) is 193 cm³/mol. The Bertz CT molecular complexity index is 864. The number of rotatable bonds is 34. The summed E-state index contributed by atoms with van der Waals surface area (Å²) in [5, 5.41) is 0. The van der Waals surface area contributed by atoms with Crippen molar-refractivity contribution in [3.05, 3.63) is 36.5 Å². The Balaban J connectivity index is 4.03. The third-order valence-corrected chi connectivity index (χ3v) is 8.40. The molecule has 0 bridgehead atoms. The lowest BCUT2D eigenvalue weighted by Crippen LogP contribution is -2.29. The first-order chi connectivity index (χ1) is 22.8. The topological polar surface area (TPSA) is 119 Å². The van der Waals surface area contributed by atoms with E-state index in [-0.39, 0.29) is 19.4 Å². The average Bonchev–Trinajstić information content (AvgIpc) is 3.03. The molecule has 0 fully saturated rings. The highest BCUT2D eigenvalue weighted by molar-refractivity contribution is 7.46. The van der Waals surface area contributed by atoms with Crippen molar-refractivity contribution in [3.8, 4) is 0 Å². The summed E-state index contributed by atoms with van der Waals surface area (Å²) in [4.78, 5) is 42.6. The molecule has 1 atom stereocenters. The Hall–Kier alpha value is -1.73. The maximum Gasteiger partial charge on any atom is 0.469 e. The molecule has 0 saturated heterocycles. The number of unbranched alkanes of at least 4 members (excludes halogenated alkanes) is 18. The SMILES string of the molecule is CCCCC/C=C\C/C=C\C/C=C\CCCCC(=O)O[C@H](COC(=O)CCCCCCCCCCCCCCCC)COP(=O)(O)O. The van der Waals surface area contributed by atoms with Crippen LogP contribution in [-0.2, 0) is 28.2 Å². The summed E-state index contributed by atoms with van der Waals surface area (Å²) < 4.78 is 26.3. The summed E-state index contributed by atoms with van der Waals surface area (Å²) in [7, 11) is -4.76. The van der Waals surface area contributed by atoms with Gasteiger partial charge in [-0.3, -0.25) is 14.1 Å². The zero-order valence-electron chi connectivity index (χ0n) is 29.9. The summed E-state index contributed by atoms with van der Waals surface area (Å²) in [5.74, 6) is -0.927. The molecule has 0 aromatic rings. The molecule has 0 saturated carbocycles. The maximum atomic E-state index is 12.3. The standard InChI is InChI=1S/C38H69O8P/c1-3-5-7-9-11-13-15-17-19-21-23-25-27-29-31-33-38(40)46-36(35-45-47(41,42)43)34-44-37(39)32-30-28-26-24-22-20-18-16-14-12-10-8-6-4-2/h11,13,17,19,23,25,36H,3-10,12,14-16,18,20-22,24,26-35H2,1-2H3,(H2,41,42,43)/b13-11-,19-17-,25-23-/t36-/m1/s1. The molecule has 2 N–H and O–H groups in total. The number of allylic oxidation sites excluding steroid dienone is 6. The Morgan fingerprint density at radius 1 is 0.553 bits per heavy atom. The molecule has 0 rings (SSSR count). The second-order valence-electron chi connectivity index (χ2n) is 12.6. The molecule has 47 heavy (non-hydrogen) atoms. The van der Waals surface area contributed by atoms with Gasteiger partial charge in [0.25, 0.3) is 0 Å². The van der Waals surface area contributed by atoms with Gasteiger partial charge in [-0.2, -0.15) is 0 Å². The van der Waals surface area contributed by atoms with Crippen LogP contribution in [0.25, 0.3) is 0 Å². The van der Waals surface area contributed by atoms with Crippen LogP contribution < -0.4 is 0 Å². The fourth-order valence-corrected chi connectivity index (χ4v) is 5.45. The minimum absolute atomic E-state index is 0.164. The number of phosphoric ester groups is 1. The first-order valence-electron chi connectivity index (χ1n) is 18.8. The molecule has 0 aromatic heterocycles. The van der Waals surface area contributed by atoms with E-state index in [1.165, 1.54) is 89.9 Å². The van der Waals surface area contributed by atoms with Gasteiger partial charge in [-0.25, -0.2) is 4.57 Å². The lowest BCUT2D eigenvalue weighted by atomic mass is 10.0. The molecule has 0 aliphatic carbocycles. The van der Waals surface area contributed by atoms with Crippen molar-refractivity contribution in [2.75, 3.05) is 13.2 Å². The van der Waals surface area contributed by atoms with Crippen molar-refractivity contribution in [1.82, 2.24) is 0 Å². The summed E-state index contributed by atoms with van der Waals surface area (Å²) in [6.45, 7) is 3.61. The zero-order chi connectivity index (χ0) is 34.7. The highest BCUT2D eigenvalue weighted by atomic mass is 31.2. The molecule has 274 valence electrons. The van der Waals surface area contributed by atoms with E-state index in [1.807, 2.05) is 0 Å². The van der Waals surface area contributed by atoms with Crippen molar-refractivity contribution in [2.45, 2.75) is 180 Å². The largest absolute Gasteiger partial charge is 0.469 e. The lowest BCUT2D eigenvalue weighted by Gasteiger charge is -2.18. The summed E-state index contributed by atoms with van der Waals surface area (Å²) in [6, 6.07) is 0. The fraction of sp³-hybridized carbons (Fsp3) is 0.789. The van der Waals surface area contributed by atoms with E-state index in [9.17, 15) is 14.2 Å². The van der Waals surface area contributed by atoms with Crippen LogP contribution in [0.2, 0.25) is 0 Å². The van der Waals surface area contributed by atoms with E-state index in [4.69, 9.17) is 19.3 Å². The van der Waals surface area contributed by atoms with Crippen molar-refractivity contribution in [2.24, 2.45) is 0 Å². The molecule has 0 aromatic carbocycles. The molecular formula is C38H69O8P. The molecule has 9 heteroatoms. The monoisotopic (exact) mass is 684 g/mol. The number of carbonyl (C=O) groups is 2. The van der Waals surface area contributed by atoms with Gasteiger partial charge in [-0.15, -0.1) is 0 Å². The highest BCUT2D eigenvalue weighted by Crippen LogP contribution is 2.36. The predicted octanol–water partition coefficient (Wildman–Crippen LogP) is 11.0. The van der Waals surface area contributed by atoms with Gasteiger partial charge >= 0.3 is 19.8 Å². The van der Waals surface area contributed by atoms with E-state index in [0.29, 0.717) is 6.42 Å². The van der Waals surface area contributed by atoms with Crippen LogP contribution >= 0.6 is 7.82 Å². The third-order valence-electron chi connectivity index (χ3n) is 7.91. The minimum Gasteiger partial charge on any atom is -0.462 e. The number of ether oxygens (including phenoxy) is 2. The molecule has 0 radical (unpaired) electrons. The number of hydrogen-bond acceptors (Lipinski definition) is 6. The van der Waals surface area contributed by atoms with Gasteiger partial charge in [-0.05, 0) is 51.4 Å². The Labute approximate surface area is 287 Å². The fourth-order valence-electron chi connectivity index (χ4n) is 5.08. The first kappa shape index (κ1) is 45.3. The number of esters is 2. The van der Waals surface area contributed by atoms with Gasteiger partial charge in [0, 0.05) is 12.8 Å². The Kier molecular flexibility index (Phi) is 32.9. The van der Waals surface area contributed by atoms with Crippen molar-refractivity contribution < 1.29 is 37.9 Å². The van der Waals surface area contributed by atoms with Gasteiger partial charge < -0.3 is 19.3 Å². The van der Waals surface area contributed by atoms with Gasteiger partial charge in [0.1, 0.15) is 6.61 Å². The lowest BCUT2D eigenvalue weighted by molar-refractivity contribution is -0.161. The smallest absolute Gasteiger partial charge is 0.462 e. The number of carbonyl (C=O) groups excluding carboxylic acids is 2. The Morgan fingerprint density at radius 2 is 0.957 bits per heavy atom. The van der Waals surface area contributed by atoms with E-state index in [2.05, 4.69) is 54.8 Å². The van der Waals surface area contributed by atoms with Crippen LogP contribution in [-0.4, -0.2) is 41.0 Å². The van der Waals surface area contributed by atoms with Crippen LogP contribution in [0, 0.1) is 0 Å². The summed E-state index contributed by atoms with van der Waals surface area (Å²) in [6.07, 6.45) is 38.6. The summed E-state index contributed by atoms with van der Waals surface area (Å²) >= 11 is 0. The van der Waals surface area contributed by atoms with Gasteiger partial charge in [0.2, 0.25) is 0 Å². The van der Waals surface area contributed by atoms with Crippen LogP contribution in [0.15, 0.2) is 36.5 Å². The van der Waals surface area contributed by atoms with Crippen molar-refractivity contribution >= 4 is 19.8 Å². The van der Waals surface area contributed by atoms with E-state index in [0.717, 1.165) is 51.4 Å². The number of hydrogen-bond donors (Lipinski definition) is 2. The van der Waals surface area contributed by atoms with E-state index in [1.54, 1.807) is 0 Å². The third kappa shape index (κ3) is 36.9. The number of phosphoric acid groups is 1. The van der Waals surface area contributed by atoms with Gasteiger partial charge in [0.05, 0.1) is 6.61 Å². The van der Waals surface area contributed by atoms with Crippen LogP contribution in [0.3, 0.4) is 0 Å². The van der Waals surface area contributed by atoms with E-state index < -0.39 is 32.5 Å². The van der Waals surface area contributed by atoms with Crippen LogP contribution in [0.5, 0.6) is 0 Å². The summed E-state index contributed by atoms with van der Waals surface area (Å²) in [5.41, 5.74) is 0. The second-order valence-corrected chi connectivity index (χ2v) is 13.8. The van der Waals surface area contributed by atoms with Crippen LogP contribution in [0.1, 0.15) is 174 Å². The van der Waals surface area contributed by atoms with Crippen molar-refractivity contribution in [1.29, 1.82) is 0 Å². The second kappa shape index (κ2) is 34.1. The van der Waals surface area contributed by atoms with Crippen LogP contribution in [0.4, 0.5) is 0 Å².